The van der Waals surface area contributed by atoms with Crippen molar-refractivity contribution in [3.05, 3.63) is 42.0 Å². The number of aromatic nitrogens is 3. The number of anilines is 2. The molecule has 3 aromatic rings. The van der Waals surface area contributed by atoms with Gasteiger partial charge in [0.2, 0.25) is 5.95 Å². The van der Waals surface area contributed by atoms with Crippen LogP contribution in [-0.2, 0) is 6.18 Å². The molecule has 0 bridgehead atoms. The van der Waals surface area contributed by atoms with Crippen LogP contribution in [0.1, 0.15) is 18.4 Å². The Balaban J connectivity index is 1.71. The summed E-state index contributed by atoms with van der Waals surface area (Å²) < 4.78 is 40.1. The van der Waals surface area contributed by atoms with Crippen LogP contribution in [0.25, 0.3) is 22.3 Å². The Kier molecular flexibility index (Phi) is 4.99. The first kappa shape index (κ1) is 19.4. The van der Waals surface area contributed by atoms with Crippen LogP contribution in [0, 0.1) is 0 Å². The first-order chi connectivity index (χ1) is 13.8. The average molecular weight is 402 g/mol. The number of nitrogens with one attached hydrogen (secondary N) is 1. The molecule has 0 amide bonds. The van der Waals surface area contributed by atoms with Crippen molar-refractivity contribution < 1.29 is 13.2 Å². The second kappa shape index (κ2) is 7.47. The van der Waals surface area contributed by atoms with Crippen molar-refractivity contribution in [2.75, 3.05) is 31.2 Å². The molecule has 2 aromatic heterocycles. The lowest BCUT2D eigenvalue weighted by molar-refractivity contribution is -0.137. The quantitative estimate of drug-likeness (QED) is 0.694. The number of alkyl halides is 3. The number of rotatable bonds is 3. The summed E-state index contributed by atoms with van der Waals surface area (Å²) in [6.07, 6.45) is -2.58. The highest BCUT2D eigenvalue weighted by Crippen LogP contribution is 2.36. The predicted octanol–water partition coefficient (Wildman–Crippen LogP) is 3.80. The van der Waals surface area contributed by atoms with Crippen LogP contribution in [0.15, 0.2) is 36.4 Å². The van der Waals surface area contributed by atoms with Crippen molar-refractivity contribution in [1.29, 1.82) is 0 Å². The SMILES string of the molecule is CN1CCC(Nc2nc(N)c3ccc(-c4ccccc4C(F)(F)F)nc3n2)CC1. The van der Waals surface area contributed by atoms with Gasteiger partial charge in [0.05, 0.1) is 16.6 Å². The number of benzene rings is 1. The maximum Gasteiger partial charge on any atom is 0.417 e. The van der Waals surface area contributed by atoms with Gasteiger partial charge in [-0.15, -0.1) is 0 Å². The monoisotopic (exact) mass is 402 g/mol. The molecule has 0 unspecified atom stereocenters. The van der Waals surface area contributed by atoms with E-state index in [0.29, 0.717) is 11.3 Å². The van der Waals surface area contributed by atoms with Crippen molar-refractivity contribution in [3.8, 4) is 11.3 Å². The number of hydrogen-bond acceptors (Lipinski definition) is 6. The van der Waals surface area contributed by atoms with Gasteiger partial charge in [-0.25, -0.2) is 4.98 Å². The predicted molar refractivity (Wildman–Crippen MR) is 106 cm³/mol. The highest BCUT2D eigenvalue weighted by Gasteiger charge is 2.33. The molecule has 0 atom stereocenters. The number of hydrogen-bond donors (Lipinski definition) is 2. The highest BCUT2D eigenvalue weighted by atomic mass is 19.4. The first-order valence-corrected chi connectivity index (χ1v) is 9.37. The van der Waals surface area contributed by atoms with Gasteiger partial charge in [-0.05, 0) is 51.2 Å². The fraction of sp³-hybridized carbons (Fsp3) is 0.350. The van der Waals surface area contributed by atoms with Crippen LogP contribution in [0.2, 0.25) is 0 Å². The smallest absolute Gasteiger partial charge is 0.383 e. The second-order valence-electron chi connectivity index (χ2n) is 7.27. The lowest BCUT2D eigenvalue weighted by Gasteiger charge is -2.29. The van der Waals surface area contributed by atoms with Crippen molar-refractivity contribution in [3.63, 3.8) is 0 Å². The minimum atomic E-state index is -4.47. The molecule has 4 rings (SSSR count). The van der Waals surface area contributed by atoms with Gasteiger partial charge in [0, 0.05) is 11.6 Å². The fourth-order valence-electron chi connectivity index (χ4n) is 3.54. The summed E-state index contributed by atoms with van der Waals surface area (Å²) >= 11 is 0. The van der Waals surface area contributed by atoms with Crippen LogP contribution < -0.4 is 11.1 Å². The van der Waals surface area contributed by atoms with E-state index in [1.807, 2.05) is 0 Å². The van der Waals surface area contributed by atoms with E-state index in [4.69, 9.17) is 5.73 Å². The normalized spacial score (nSPS) is 16.3. The Labute approximate surface area is 166 Å². The van der Waals surface area contributed by atoms with E-state index in [0.717, 1.165) is 32.0 Å². The fourth-order valence-corrected chi connectivity index (χ4v) is 3.54. The highest BCUT2D eigenvalue weighted by molar-refractivity contribution is 5.88. The van der Waals surface area contributed by atoms with E-state index >= 15 is 0 Å². The number of nitrogen functional groups attached to an aromatic ring is 1. The van der Waals surface area contributed by atoms with E-state index in [9.17, 15) is 13.2 Å². The van der Waals surface area contributed by atoms with E-state index < -0.39 is 11.7 Å². The summed E-state index contributed by atoms with van der Waals surface area (Å²) in [4.78, 5) is 15.3. The third-order valence-corrected chi connectivity index (χ3v) is 5.15. The molecule has 0 radical (unpaired) electrons. The topological polar surface area (TPSA) is 80.0 Å². The number of pyridine rings is 1. The number of fused-ring (bicyclic) bond motifs is 1. The number of piperidine rings is 1. The molecular formula is C20H21F3N6. The first-order valence-electron chi connectivity index (χ1n) is 9.37. The van der Waals surface area contributed by atoms with E-state index in [2.05, 4.69) is 32.2 Å². The maximum absolute atomic E-state index is 13.4. The minimum Gasteiger partial charge on any atom is -0.383 e. The van der Waals surface area contributed by atoms with Crippen molar-refractivity contribution in [2.45, 2.75) is 25.1 Å². The molecule has 1 aliphatic heterocycles. The molecule has 3 heterocycles. The molecule has 0 spiro atoms. The van der Waals surface area contributed by atoms with Crippen LogP contribution in [0.5, 0.6) is 0 Å². The van der Waals surface area contributed by atoms with Gasteiger partial charge in [0.1, 0.15) is 5.82 Å². The van der Waals surface area contributed by atoms with Gasteiger partial charge in [-0.3, -0.25) is 0 Å². The van der Waals surface area contributed by atoms with Crippen LogP contribution in [-0.4, -0.2) is 46.0 Å². The van der Waals surface area contributed by atoms with E-state index in [1.54, 1.807) is 12.1 Å². The Morgan fingerprint density at radius 3 is 2.48 bits per heavy atom. The third kappa shape index (κ3) is 4.09. The van der Waals surface area contributed by atoms with Crippen molar-refractivity contribution in [1.82, 2.24) is 19.9 Å². The molecular weight excluding hydrogens is 381 g/mol. The molecule has 1 saturated heterocycles. The Morgan fingerprint density at radius 2 is 1.76 bits per heavy atom. The minimum absolute atomic E-state index is 0.00362. The molecule has 29 heavy (non-hydrogen) atoms. The zero-order chi connectivity index (χ0) is 20.6. The molecule has 1 aliphatic rings. The molecule has 1 fully saturated rings. The average Bonchev–Trinajstić information content (AvgIpc) is 2.69. The van der Waals surface area contributed by atoms with Crippen molar-refractivity contribution >= 4 is 22.8 Å². The van der Waals surface area contributed by atoms with Gasteiger partial charge < -0.3 is 16.0 Å². The summed E-state index contributed by atoms with van der Waals surface area (Å²) in [6, 6.07) is 8.70. The van der Waals surface area contributed by atoms with Gasteiger partial charge in [0.15, 0.2) is 5.65 Å². The molecule has 0 saturated carbocycles. The summed E-state index contributed by atoms with van der Waals surface area (Å²) in [5, 5.41) is 3.79. The molecule has 3 N–H and O–H groups in total. The number of likely N-dealkylation sites (tertiary alicyclic amines) is 1. The van der Waals surface area contributed by atoms with Gasteiger partial charge in [-0.1, -0.05) is 18.2 Å². The second-order valence-corrected chi connectivity index (χ2v) is 7.27. The summed E-state index contributed by atoms with van der Waals surface area (Å²) in [6.45, 7) is 1.94. The largest absolute Gasteiger partial charge is 0.417 e. The number of halogens is 3. The van der Waals surface area contributed by atoms with Gasteiger partial charge >= 0.3 is 6.18 Å². The van der Waals surface area contributed by atoms with Gasteiger partial charge in [-0.2, -0.15) is 23.1 Å². The van der Waals surface area contributed by atoms with E-state index in [1.165, 1.54) is 18.2 Å². The molecule has 152 valence electrons. The zero-order valence-electron chi connectivity index (χ0n) is 15.9. The van der Waals surface area contributed by atoms with E-state index in [-0.39, 0.29) is 28.8 Å². The summed E-state index contributed by atoms with van der Waals surface area (Å²) in [7, 11) is 2.07. The van der Waals surface area contributed by atoms with Crippen molar-refractivity contribution in [2.24, 2.45) is 0 Å². The Bertz CT molecular complexity index is 1030. The maximum atomic E-state index is 13.4. The molecule has 0 aliphatic carbocycles. The summed E-state index contributed by atoms with van der Waals surface area (Å²) in [5.41, 5.74) is 5.77. The lowest BCUT2D eigenvalue weighted by Crippen LogP contribution is -2.37. The molecule has 9 heteroatoms. The lowest BCUT2D eigenvalue weighted by atomic mass is 10.0. The number of nitrogens with two attached hydrogens (primary N) is 1. The molecule has 6 nitrogen and oxygen atoms in total. The third-order valence-electron chi connectivity index (χ3n) is 5.15. The summed E-state index contributed by atoms with van der Waals surface area (Å²) in [5.74, 6) is 0.590. The van der Waals surface area contributed by atoms with Gasteiger partial charge in [0.25, 0.3) is 0 Å². The Hall–Kier alpha value is -2.94. The van der Waals surface area contributed by atoms with Crippen LogP contribution in [0.3, 0.4) is 0 Å². The molecule has 1 aromatic carbocycles. The zero-order valence-corrected chi connectivity index (χ0v) is 15.9. The van der Waals surface area contributed by atoms with Crippen LogP contribution >= 0.6 is 0 Å². The Morgan fingerprint density at radius 1 is 1.03 bits per heavy atom. The van der Waals surface area contributed by atoms with Crippen LogP contribution in [0.4, 0.5) is 24.9 Å². The standard InChI is InChI=1S/C20H21F3N6/c1-29-10-8-12(9-11-29)25-19-27-17(24)14-6-7-16(26-18(14)28-19)13-4-2-3-5-15(13)20(21,22)23/h2-7,12H,8-11H2,1H3,(H3,24,25,26,27,28). The number of nitrogens with zero attached hydrogens (tertiary/aromatic N) is 4.